The largest absolute Gasteiger partial charge is 0.347 e. The third-order valence-corrected chi connectivity index (χ3v) is 3.23. The van der Waals surface area contributed by atoms with Gasteiger partial charge in [0.05, 0.1) is 5.52 Å². The molecule has 0 spiro atoms. The molecule has 76 valence electrons. The molecule has 1 aliphatic heterocycles. The number of hydrogen-bond acceptors (Lipinski definition) is 1. The van der Waals surface area contributed by atoms with Crippen LogP contribution in [0.25, 0.3) is 10.9 Å². The van der Waals surface area contributed by atoms with E-state index in [-0.39, 0.29) is 0 Å². The quantitative estimate of drug-likeness (QED) is 0.647. The number of hydrogen-bond donors (Lipinski definition) is 0. The molecule has 0 amide bonds. The lowest BCUT2D eigenvalue weighted by molar-refractivity contribution is 0.112. The van der Waals surface area contributed by atoms with Crippen molar-refractivity contribution in [1.82, 2.24) is 4.57 Å². The number of carbonyl (C=O) groups excluding carboxylic acids is 1. The smallest absolute Gasteiger partial charge is 0.152 e. The van der Waals surface area contributed by atoms with Crippen molar-refractivity contribution >= 4 is 17.2 Å². The molecular weight excluding hydrogens is 186 g/mol. The molecular formula is C13H13NO. The first-order valence-electron chi connectivity index (χ1n) is 5.46. The third-order valence-electron chi connectivity index (χ3n) is 3.23. The van der Waals surface area contributed by atoms with Crippen LogP contribution in [0.4, 0.5) is 0 Å². The van der Waals surface area contributed by atoms with E-state index in [1.807, 2.05) is 12.3 Å². The van der Waals surface area contributed by atoms with Crippen molar-refractivity contribution in [2.45, 2.75) is 25.8 Å². The summed E-state index contributed by atoms with van der Waals surface area (Å²) in [5.41, 5.74) is 3.49. The Balaban J connectivity index is 2.41. The van der Waals surface area contributed by atoms with E-state index in [4.69, 9.17) is 0 Å². The molecule has 0 bridgehead atoms. The van der Waals surface area contributed by atoms with Crippen molar-refractivity contribution in [1.29, 1.82) is 0 Å². The number of aldehydes is 1. The minimum Gasteiger partial charge on any atom is -0.347 e. The Morgan fingerprint density at radius 2 is 2.20 bits per heavy atom. The zero-order valence-electron chi connectivity index (χ0n) is 8.57. The number of benzene rings is 1. The van der Waals surface area contributed by atoms with Gasteiger partial charge in [0.25, 0.3) is 0 Å². The van der Waals surface area contributed by atoms with Crippen LogP contribution in [0.2, 0.25) is 0 Å². The van der Waals surface area contributed by atoms with E-state index in [1.54, 1.807) is 0 Å². The number of rotatable bonds is 1. The predicted molar refractivity (Wildman–Crippen MR) is 60.3 cm³/mol. The zero-order valence-corrected chi connectivity index (χ0v) is 8.57. The van der Waals surface area contributed by atoms with Crippen LogP contribution in [-0.4, -0.2) is 10.9 Å². The van der Waals surface area contributed by atoms with Crippen LogP contribution in [-0.2, 0) is 13.0 Å². The van der Waals surface area contributed by atoms with Gasteiger partial charge in [-0.25, -0.2) is 0 Å². The number of aryl methyl sites for hydroxylation is 2. The summed E-state index contributed by atoms with van der Waals surface area (Å²) < 4.78 is 2.24. The predicted octanol–water partition coefficient (Wildman–Crippen LogP) is 2.79. The summed E-state index contributed by atoms with van der Waals surface area (Å²) in [5.74, 6) is 0. The highest BCUT2D eigenvalue weighted by atomic mass is 16.1. The van der Waals surface area contributed by atoms with Gasteiger partial charge in [-0.15, -0.1) is 0 Å². The second kappa shape index (κ2) is 3.23. The van der Waals surface area contributed by atoms with Gasteiger partial charge in [-0.05, 0) is 24.8 Å². The minimum atomic E-state index is 0.828. The molecule has 0 unspecified atom stereocenters. The summed E-state index contributed by atoms with van der Waals surface area (Å²) in [4.78, 5) is 11.0. The zero-order chi connectivity index (χ0) is 10.3. The molecule has 2 aromatic rings. The van der Waals surface area contributed by atoms with E-state index >= 15 is 0 Å². The van der Waals surface area contributed by atoms with Crippen molar-refractivity contribution < 1.29 is 4.79 Å². The summed E-state index contributed by atoms with van der Waals surface area (Å²) in [6, 6.07) is 6.28. The third kappa shape index (κ3) is 1.21. The SMILES string of the molecule is O=Cc1cn2c3c(cccc13)CCCC2. The monoisotopic (exact) mass is 199 g/mol. The molecule has 2 nitrogen and oxygen atoms in total. The Bertz CT molecular complexity index is 525. The summed E-state index contributed by atoms with van der Waals surface area (Å²) in [6.07, 6.45) is 6.55. The maximum Gasteiger partial charge on any atom is 0.152 e. The molecule has 0 aliphatic carbocycles. The minimum absolute atomic E-state index is 0.828. The molecule has 2 heteroatoms. The van der Waals surface area contributed by atoms with E-state index in [9.17, 15) is 4.79 Å². The molecule has 3 rings (SSSR count). The van der Waals surface area contributed by atoms with E-state index in [0.717, 1.165) is 30.2 Å². The van der Waals surface area contributed by atoms with E-state index in [2.05, 4.69) is 16.7 Å². The van der Waals surface area contributed by atoms with Crippen LogP contribution in [0.5, 0.6) is 0 Å². The molecule has 0 fully saturated rings. The molecule has 0 N–H and O–H groups in total. The number of nitrogens with zero attached hydrogens (tertiary/aromatic N) is 1. The molecule has 15 heavy (non-hydrogen) atoms. The fourth-order valence-electron chi connectivity index (χ4n) is 2.54. The Morgan fingerprint density at radius 3 is 3.07 bits per heavy atom. The average molecular weight is 199 g/mol. The maximum absolute atomic E-state index is 11.0. The van der Waals surface area contributed by atoms with Crippen molar-refractivity contribution in [2.75, 3.05) is 0 Å². The van der Waals surface area contributed by atoms with E-state index in [0.29, 0.717) is 0 Å². The van der Waals surface area contributed by atoms with E-state index in [1.165, 1.54) is 23.9 Å². The van der Waals surface area contributed by atoms with Gasteiger partial charge in [-0.3, -0.25) is 4.79 Å². The highest BCUT2D eigenvalue weighted by Crippen LogP contribution is 2.27. The van der Waals surface area contributed by atoms with E-state index < -0.39 is 0 Å². The summed E-state index contributed by atoms with van der Waals surface area (Å²) in [7, 11) is 0. The lowest BCUT2D eigenvalue weighted by atomic mass is 10.1. The average Bonchev–Trinajstić information content (AvgIpc) is 2.50. The Kier molecular flexibility index (Phi) is 1.88. The lowest BCUT2D eigenvalue weighted by Gasteiger charge is -2.02. The first-order valence-corrected chi connectivity index (χ1v) is 5.46. The highest BCUT2D eigenvalue weighted by Gasteiger charge is 2.13. The maximum atomic E-state index is 11.0. The fourth-order valence-corrected chi connectivity index (χ4v) is 2.54. The molecule has 2 heterocycles. The summed E-state index contributed by atoms with van der Waals surface area (Å²) >= 11 is 0. The first kappa shape index (κ1) is 8.72. The first-order chi connectivity index (χ1) is 7.40. The van der Waals surface area contributed by atoms with Crippen LogP contribution in [0, 0.1) is 0 Å². The van der Waals surface area contributed by atoms with Crippen molar-refractivity contribution in [3.05, 3.63) is 35.5 Å². The number of para-hydroxylation sites is 1. The van der Waals surface area contributed by atoms with Crippen molar-refractivity contribution in [3.63, 3.8) is 0 Å². The van der Waals surface area contributed by atoms with Crippen LogP contribution >= 0.6 is 0 Å². The fraction of sp³-hybridized carbons (Fsp3) is 0.308. The molecule has 0 saturated heterocycles. The van der Waals surface area contributed by atoms with Crippen LogP contribution in [0.1, 0.15) is 28.8 Å². The van der Waals surface area contributed by atoms with Crippen molar-refractivity contribution in [2.24, 2.45) is 0 Å². The summed E-state index contributed by atoms with van der Waals surface area (Å²) in [5, 5.41) is 1.12. The lowest BCUT2D eigenvalue weighted by Crippen LogP contribution is -1.93. The van der Waals surface area contributed by atoms with Crippen LogP contribution in [0.3, 0.4) is 0 Å². The second-order valence-electron chi connectivity index (χ2n) is 4.17. The normalized spacial score (nSPS) is 15.2. The molecule has 1 aromatic carbocycles. The van der Waals surface area contributed by atoms with Gasteiger partial charge in [-0.1, -0.05) is 18.2 Å². The van der Waals surface area contributed by atoms with Crippen molar-refractivity contribution in [3.8, 4) is 0 Å². The van der Waals surface area contributed by atoms with Gasteiger partial charge >= 0.3 is 0 Å². The summed E-state index contributed by atoms with van der Waals surface area (Å²) in [6.45, 7) is 1.04. The number of aromatic nitrogens is 1. The van der Waals surface area contributed by atoms with Gasteiger partial charge in [-0.2, -0.15) is 0 Å². The molecule has 0 saturated carbocycles. The highest BCUT2D eigenvalue weighted by molar-refractivity contribution is 5.99. The topological polar surface area (TPSA) is 22.0 Å². The van der Waals surface area contributed by atoms with Gasteiger partial charge in [0.2, 0.25) is 0 Å². The van der Waals surface area contributed by atoms with Crippen LogP contribution < -0.4 is 0 Å². The molecule has 0 atom stereocenters. The van der Waals surface area contributed by atoms with Gasteiger partial charge in [0, 0.05) is 23.7 Å². The van der Waals surface area contributed by atoms with Gasteiger partial charge in [0.1, 0.15) is 0 Å². The molecule has 1 aliphatic rings. The molecule has 0 radical (unpaired) electrons. The Hall–Kier alpha value is -1.57. The second-order valence-corrected chi connectivity index (χ2v) is 4.17. The van der Waals surface area contributed by atoms with Gasteiger partial charge in [0.15, 0.2) is 6.29 Å². The van der Waals surface area contributed by atoms with Gasteiger partial charge < -0.3 is 4.57 Å². The van der Waals surface area contributed by atoms with Crippen LogP contribution in [0.15, 0.2) is 24.4 Å². The molecule has 1 aromatic heterocycles. The standard InChI is InChI=1S/C13H13NO/c15-9-11-8-14-7-2-1-4-10-5-3-6-12(11)13(10)14/h3,5-6,8-9H,1-2,4,7H2. The Morgan fingerprint density at radius 1 is 1.27 bits per heavy atom. The number of carbonyl (C=O) groups is 1. The Labute approximate surface area is 88.5 Å².